The van der Waals surface area contributed by atoms with Gasteiger partial charge in [0.15, 0.2) is 0 Å². The lowest BCUT2D eigenvalue weighted by Gasteiger charge is -2.26. The van der Waals surface area contributed by atoms with Crippen LogP contribution in [0.4, 0.5) is 0 Å². The van der Waals surface area contributed by atoms with E-state index < -0.39 is 0 Å². The zero-order chi connectivity index (χ0) is 8.81. The Balaban J connectivity index is 2.08. The highest BCUT2D eigenvalue weighted by atomic mass is 16.5. The fraction of sp³-hybridized carbons (Fsp3) is 0.875. The molecule has 1 aliphatic rings. The Labute approximate surface area is 72.7 Å². The SMILES string of the molecule is N[C@H](C=O)CCN1CCOCC1. The van der Waals surface area contributed by atoms with E-state index in [0.717, 1.165) is 45.6 Å². The van der Waals surface area contributed by atoms with Gasteiger partial charge in [0.25, 0.3) is 0 Å². The molecule has 0 aromatic heterocycles. The van der Waals surface area contributed by atoms with E-state index in [1.54, 1.807) is 0 Å². The van der Waals surface area contributed by atoms with Crippen molar-refractivity contribution in [3.63, 3.8) is 0 Å². The molecule has 70 valence electrons. The van der Waals surface area contributed by atoms with E-state index in [-0.39, 0.29) is 6.04 Å². The second kappa shape index (κ2) is 5.24. The molecular weight excluding hydrogens is 156 g/mol. The number of nitrogens with zero attached hydrogens (tertiary/aromatic N) is 1. The quantitative estimate of drug-likeness (QED) is 0.566. The van der Waals surface area contributed by atoms with Crippen molar-refractivity contribution in [3.8, 4) is 0 Å². The van der Waals surface area contributed by atoms with Crippen LogP contribution >= 0.6 is 0 Å². The molecule has 0 bridgehead atoms. The van der Waals surface area contributed by atoms with Crippen LogP contribution in [0.15, 0.2) is 0 Å². The number of carbonyl (C=O) groups is 1. The van der Waals surface area contributed by atoms with Crippen molar-refractivity contribution in [1.29, 1.82) is 0 Å². The maximum absolute atomic E-state index is 10.2. The van der Waals surface area contributed by atoms with E-state index in [4.69, 9.17) is 10.5 Å². The van der Waals surface area contributed by atoms with Crippen molar-refractivity contribution in [2.24, 2.45) is 5.73 Å². The van der Waals surface area contributed by atoms with E-state index in [0.29, 0.717) is 0 Å². The van der Waals surface area contributed by atoms with Crippen molar-refractivity contribution in [2.45, 2.75) is 12.5 Å². The first-order valence-corrected chi connectivity index (χ1v) is 4.34. The lowest BCUT2D eigenvalue weighted by Crippen LogP contribution is -2.39. The minimum Gasteiger partial charge on any atom is -0.379 e. The Morgan fingerprint density at radius 2 is 2.17 bits per heavy atom. The molecule has 0 aromatic carbocycles. The number of rotatable bonds is 4. The topological polar surface area (TPSA) is 55.6 Å². The fourth-order valence-corrected chi connectivity index (χ4v) is 1.22. The van der Waals surface area contributed by atoms with Crippen LogP contribution in [0.25, 0.3) is 0 Å². The van der Waals surface area contributed by atoms with Crippen LogP contribution in [0.5, 0.6) is 0 Å². The van der Waals surface area contributed by atoms with E-state index in [1.807, 2.05) is 0 Å². The molecule has 12 heavy (non-hydrogen) atoms. The molecule has 0 saturated carbocycles. The van der Waals surface area contributed by atoms with E-state index in [9.17, 15) is 4.79 Å². The second-order valence-electron chi connectivity index (χ2n) is 3.04. The normalized spacial score (nSPS) is 22.1. The van der Waals surface area contributed by atoms with Gasteiger partial charge in [0, 0.05) is 19.6 Å². The Morgan fingerprint density at radius 3 is 2.75 bits per heavy atom. The van der Waals surface area contributed by atoms with Crippen LogP contribution in [0.1, 0.15) is 6.42 Å². The van der Waals surface area contributed by atoms with Crippen molar-refractivity contribution in [3.05, 3.63) is 0 Å². The van der Waals surface area contributed by atoms with Gasteiger partial charge in [-0.25, -0.2) is 0 Å². The predicted octanol–water partition coefficient (Wildman–Crippen LogP) is -0.765. The lowest BCUT2D eigenvalue weighted by molar-refractivity contribution is -0.109. The minimum absolute atomic E-state index is 0.298. The van der Waals surface area contributed by atoms with Crippen molar-refractivity contribution >= 4 is 6.29 Å². The summed E-state index contributed by atoms with van der Waals surface area (Å²) in [5, 5.41) is 0. The molecule has 1 heterocycles. The highest BCUT2D eigenvalue weighted by molar-refractivity contribution is 5.56. The Hall–Kier alpha value is -0.450. The van der Waals surface area contributed by atoms with Gasteiger partial charge in [-0.3, -0.25) is 4.90 Å². The third-order valence-corrected chi connectivity index (χ3v) is 2.06. The molecule has 0 unspecified atom stereocenters. The molecule has 0 amide bonds. The first kappa shape index (κ1) is 9.64. The predicted molar refractivity (Wildman–Crippen MR) is 45.9 cm³/mol. The van der Waals surface area contributed by atoms with Crippen LogP contribution in [-0.4, -0.2) is 50.1 Å². The molecule has 1 saturated heterocycles. The molecule has 4 nitrogen and oxygen atoms in total. The minimum atomic E-state index is -0.298. The number of morpholine rings is 1. The number of carbonyl (C=O) groups excluding carboxylic acids is 1. The van der Waals surface area contributed by atoms with Crippen molar-refractivity contribution in [2.75, 3.05) is 32.8 Å². The van der Waals surface area contributed by atoms with E-state index in [2.05, 4.69) is 4.90 Å². The summed E-state index contributed by atoms with van der Waals surface area (Å²) in [7, 11) is 0. The molecule has 1 fully saturated rings. The average molecular weight is 172 g/mol. The van der Waals surface area contributed by atoms with Gasteiger partial charge in [0.1, 0.15) is 6.29 Å². The number of nitrogens with two attached hydrogens (primary N) is 1. The summed E-state index contributed by atoms with van der Waals surface area (Å²) >= 11 is 0. The Bertz CT molecular complexity index is 135. The highest BCUT2D eigenvalue weighted by Gasteiger charge is 2.10. The summed E-state index contributed by atoms with van der Waals surface area (Å²) in [5.41, 5.74) is 5.46. The summed E-state index contributed by atoms with van der Waals surface area (Å²) < 4.78 is 5.19. The summed E-state index contributed by atoms with van der Waals surface area (Å²) in [6, 6.07) is -0.298. The number of aldehydes is 1. The van der Waals surface area contributed by atoms with Crippen LogP contribution in [-0.2, 0) is 9.53 Å². The summed E-state index contributed by atoms with van der Waals surface area (Å²) in [6.45, 7) is 4.44. The zero-order valence-electron chi connectivity index (χ0n) is 7.24. The monoisotopic (exact) mass is 172 g/mol. The largest absolute Gasteiger partial charge is 0.379 e. The van der Waals surface area contributed by atoms with E-state index in [1.165, 1.54) is 0 Å². The molecule has 1 rings (SSSR count). The van der Waals surface area contributed by atoms with Gasteiger partial charge in [-0.1, -0.05) is 0 Å². The van der Waals surface area contributed by atoms with Crippen molar-refractivity contribution in [1.82, 2.24) is 4.90 Å². The smallest absolute Gasteiger partial charge is 0.136 e. The second-order valence-corrected chi connectivity index (χ2v) is 3.04. The van der Waals surface area contributed by atoms with Gasteiger partial charge < -0.3 is 15.3 Å². The summed E-state index contributed by atoms with van der Waals surface area (Å²) in [6.07, 6.45) is 1.56. The summed E-state index contributed by atoms with van der Waals surface area (Å²) in [4.78, 5) is 12.5. The standard InChI is InChI=1S/C8H16N2O2/c9-8(7-11)1-2-10-3-5-12-6-4-10/h7-8H,1-6,9H2/t8-/m0/s1. The third-order valence-electron chi connectivity index (χ3n) is 2.06. The molecule has 0 spiro atoms. The third kappa shape index (κ3) is 3.30. The van der Waals surface area contributed by atoms with Crippen LogP contribution in [0.3, 0.4) is 0 Å². The first-order chi connectivity index (χ1) is 5.83. The summed E-state index contributed by atoms with van der Waals surface area (Å²) in [5.74, 6) is 0. The van der Waals surface area contributed by atoms with Crippen LogP contribution in [0, 0.1) is 0 Å². The molecule has 0 aromatic rings. The highest BCUT2D eigenvalue weighted by Crippen LogP contribution is 1.98. The molecule has 4 heteroatoms. The van der Waals surface area contributed by atoms with E-state index >= 15 is 0 Å². The van der Waals surface area contributed by atoms with Gasteiger partial charge in [0.05, 0.1) is 19.3 Å². The van der Waals surface area contributed by atoms with Gasteiger partial charge in [-0.2, -0.15) is 0 Å². The Morgan fingerprint density at radius 1 is 1.50 bits per heavy atom. The van der Waals surface area contributed by atoms with Gasteiger partial charge in [0.2, 0.25) is 0 Å². The molecule has 1 atom stereocenters. The molecular formula is C8H16N2O2. The van der Waals surface area contributed by atoms with Crippen LogP contribution < -0.4 is 5.73 Å². The zero-order valence-corrected chi connectivity index (χ0v) is 7.24. The van der Waals surface area contributed by atoms with Gasteiger partial charge in [-0.15, -0.1) is 0 Å². The number of hydrogen-bond acceptors (Lipinski definition) is 4. The van der Waals surface area contributed by atoms with Crippen molar-refractivity contribution < 1.29 is 9.53 Å². The average Bonchev–Trinajstić information content (AvgIpc) is 2.16. The molecule has 2 N–H and O–H groups in total. The lowest BCUT2D eigenvalue weighted by atomic mass is 10.2. The maximum atomic E-state index is 10.2. The van der Waals surface area contributed by atoms with Gasteiger partial charge in [-0.05, 0) is 6.42 Å². The molecule has 0 aliphatic carbocycles. The van der Waals surface area contributed by atoms with Gasteiger partial charge >= 0.3 is 0 Å². The molecule has 0 radical (unpaired) electrons. The number of hydrogen-bond donors (Lipinski definition) is 1. The number of ether oxygens (including phenoxy) is 1. The first-order valence-electron chi connectivity index (χ1n) is 4.34. The van der Waals surface area contributed by atoms with Crippen LogP contribution in [0.2, 0.25) is 0 Å². The Kier molecular flexibility index (Phi) is 4.21. The fourth-order valence-electron chi connectivity index (χ4n) is 1.22. The maximum Gasteiger partial charge on any atom is 0.136 e. The molecule has 1 aliphatic heterocycles.